The van der Waals surface area contributed by atoms with Crippen LogP contribution >= 0.6 is 0 Å². The Morgan fingerprint density at radius 3 is 2.44 bits per heavy atom. The molecule has 27 heavy (non-hydrogen) atoms. The quantitative estimate of drug-likeness (QED) is 0.883. The number of hydrogen-bond acceptors (Lipinski definition) is 4. The van der Waals surface area contributed by atoms with Crippen LogP contribution in [0, 0.1) is 0 Å². The Hall–Kier alpha value is -2.86. The third-order valence-corrected chi connectivity index (χ3v) is 4.60. The fourth-order valence-electron chi connectivity index (χ4n) is 3.03. The van der Waals surface area contributed by atoms with Gasteiger partial charge in [-0.3, -0.25) is 9.59 Å². The Morgan fingerprint density at radius 2 is 1.70 bits per heavy atom. The Bertz CT molecular complexity index is 814. The highest BCUT2D eigenvalue weighted by molar-refractivity contribution is 6.06. The van der Waals surface area contributed by atoms with Crippen LogP contribution in [0.1, 0.15) is 27.6 Å². The molecule has 0 aliphatic carbocycles. The zero-order chi connectivity index (χ0) is 19.2. The van der Waals surface area contributed by atoms with Gasteiger partial charge in [-0.2, -0.15) is 0 Å². The van der Waals surface area contributed by atoms with Gasteiger partial charge in [-0.15, -0.1) is 0 Å². The number of amides is 2. The first-order valence-corrected chi connectivity index (χ1v) is 9.19. The summed E-state index contributed by atoms with van der Waals surface area (Å²) >= 11 is 0. The van der Waals surface area contributed by atoms with Gasteiger partial charge in [-0.05, 0) is 44.3 Å². The van der Waals surface area contributed by atoms with Crippen molar-refractivity contribution < 1.29 is 14.3 Å². The van der Waals surface area contributed by atoms with E-state index in [1.54, 1.807) is 30.3 Å². The summed E-state index contributed by atoms with van der Waals surface area (Å²) in [6.07, 6.45) is 0. The third kappa shape index (κ3) is 4.65. The average Bonchev–Trinajstić information content (AvgIpc) is 2.70. The van der Waals surface area contributed by atoms with Crippen molar-refractivity contribution in [2.24, 2.45) is 0 Å². The number of likely N-dealkylation sites (N-methyl/N-ethyl adjacent to an activating group) is 1. The molecule has 0 bridgehead atoms. The summed E-state index contributed by atoms with van der Waals surface area (Å²) in [5.74, 6) is 0.320. The van der Waals surface area contributed by atoms with Crippen LogP contribution in [0.15, 0.2) is 48.5 Å². The third-order valence-electron chi connectivity index (χ3n) is 4.60. The van der Waals surface area contributed by atoms with Crippen LogP contribution in [-0.2, 0) is 0 Å². The van der Waals surface area contributed by atoms with E-state index < -0.39 is 0 Å². The minimum absolute atomic E-state index is 0.0348. The van der Waals surface area contributed by atoms with Crippen molar-refractivity contribution in [3.8, 4) is 5.75 Å². The van der Waals surface area contributed by atoms with E-state index in [4.69, 9.17) is 4.74 Å². The van der Waals surface area contributed by atoms with Gasteiger partial charge < -0.3 is 19.9 Å². The van der Waals surface area contributed by atoms with Crippen LogP contribution in [0.5, 0.6) is 5.75 Å². The number of carbonyl (C=O) groups is 2. The Labute approximate surface area is 159 Å². The highest BCUT2D eigenvalue weighted by Gasteiger charge is 2.21. The minimum Gasteiger partial charge on any atom is -0.492 e. The summed E-state index contributed by atoms with van der Waals surface area (Å²) in [5.41, 5.74) is 1.59. The van der Waals surface area contributed by atoms with E-state index in [1.807, 2.05) is 37.1 Å². The van der Waals surface area contributed by atoms with E-state index in [0.29, 0.717) is 42.3 Å². The molecular weight excluding hydrogens is 342 g/mol. The largest absolute Gasteiger partial charge is 0.492 e. The van der Waals surface area contributed by atoms with E-state index in [0.717, 1.165) is 13.1 Å². The second kappa shape index (κ2) is 8.68. The molecule has 6 heteroatoms. The highest BCUT2D eigenvalue weighted by Crippen LogP contribution is 2.24. The maximum Gasteiger partial charge on any atom is 0.255 e. The number of ether oxygens (including phenoxy) is 1. The van der Waals surface area contributed by atoms with Crippen molar-refractivity contribution >= 4 is 17.5 Å². The topological polar surface area (TPSA) is 61.9 Å². The highest BCUT2D eigenvalue weighted by atomic mass is 16.5. The smallest absolute Gasteiger partial charge is 0.255 e. The van der Waals surface area contributed by atoms with Crippen molar-refractivity contribution in [1.29, 1.82) is 0 Å². The van der Waals surface area contributed by atoms with E-state index in [2.05, 4.69) is 10.2 Å². The molecule has 1 N–H and O–H groups in total. The number of hydrogen-bond donors (Lipinski definition) is 1. The van der Waals surface area contributed by atoms with Gasteiger partial charge in [-0.25, -0.2) is 0 Å². The Balaban J connectivity index is 1.73. The summed E-state index contributed by atoms with van der Waals surface area (Å²) in [5, 5.41) is 2.87. The molecule has 0 atom stereocenters. The Kier molecular flexibility index (Phi) is 6.08. The molecule has 0 radical (unpaired) electrons. The van der Waals surface area contributed by atoms with E-state index in [9.17, 15) is 9.59 Å². The number of rotatable bonds is 5. The summed E-state index contributed by atoms with van der Waals surface area (Å²) in [6.45, 7) is 5.54. The summed E-state index contributed by atoms with van der Waals surface area (Å²) in [4.78, 5) is 29.4. The second-order valence-corrected chi connectivity index (χ2v) is 6.56. The molecule has 1 aliphatic heterocycles. The summed E-state index contributed by atoms with van der Waals surface area (Å²) in [7, 11) is 2.05. The predicted octanol–water partition coefficient (Wildman–Crippen LogP) is 2.73. The van der Waals surface area contributed by atoms with Crippen LogP contribution in [0.4, 0.5) is 5.69 Å². The van der Waals surface area contributed by atoms with E-state index >= 15 is 0 Å². The zero-order valence-corrected chi connectivity index (χ0v) is 15.8. The molecule has 142 valence electrons. The SMILES string of the molecule is CCOc1ccccc1NC(=O)c1cccc(C(=O)N2CCN(C)CC2)c1. The Morgan fingerprint density at radius 1 is 1.00 bits per heavy atom. The number of para-hydroxylation sites is 2. The van der Waals surface area contributed by atoms with Gasteiger partial charge in [0, 0.05) is 37.3 Å². The summed E-state index contributed by atoms with van der Waals surface area (Å²) < 4.78 is 5.54. The van der Waals surface area contributed by atoms with E-state index in [1.165, 1.54) is 0 Å². The fraction of sp³-hybridized carbons (Fsp3) is 0.333. The van der Waals surface area contributed by atoms with E-state index in [-0.39, 0.29) is 11.8 Å². The number of piperazine rings is 1. The molecule has 3 rings (SSSR count). The first kappa shape index (κ1) is 18.9. The molecule has 1 fully saturated rings. The van der Waals surface area contributed by atoms with Crippen LogP contribution in [0.3, 0.4) is 0 Å². The average molecular weight is 367 g/mol. The molecule has 1 heterocycles. The zero-order valence-electron chi connectivity index (χ0n) is 15.8. The molecule has 0 unspecified atom stereocenters. The predicted molar refractivity (Wildman–Crippen MR) is 105 cm³/mol. The van der Waals surface area contributed by atoms with Gasteiger partial charge in [-0.1, -0.05) is 18.2 Å². The number of nitrogens with one attached hydrogen (secondary N) is 1. The number of nitrogens with zero attached hydrogens (tertiary/aromatic N) is 2. The molecule has 0 saturated carbocycles. The molecule has 1 saturated heterocycles. The van der Waals surface area contributed by atoms with Gasteiger partial charge in [0.1, 0.15) is 5.75 Å². The standard InChI is InChI=1S/C21H25N3O3/c1-3-27-19-10-5-4-9-18(19)22-20(25)16-7-6-8-17(15-16)21(26)24-13-11-23(2)12-14-24/h4-10,15H,3,11-14H2,1-2H3,(H,22,25). The number of benzene rings is 2. The lowest BCUT2D eigenvalue weighted by atomic mass is 10.1. The molecule has 2 aromatic carbocycles. The molecule has 2 amide bonds. The van der Waals surface area contributed by atoms with Crippen LogP contribution in [0.2, 0.25) is 0 Å². The first-order valence-electron chi connectivity index (χ1n) is 9.19. The maximum atomic E-state index is 12.7. The molecule has 0 aromatic heterocycles. The van der Waals surface area contributed by atoms with Crippen LogP contribution in [-0.4, -0.2) is 61.4 Å². The van der Waals surface area contributed by atoms with Gasteiger partial charge in [0.15, 0.2) is 0 Å². The second-order valence-electron chi connectivity index (χ2n) is 6.56. The van der Waals surface area contributed by atoms with Crippen molar-refractivity contribution in [2.75, 3.05) is 45.2 Å². The van der Waals surface area contributed by atoms with Gasteiger partial charge in [0.25, 0.3) is 11.8 Å². The monoisotopic (exact) mass is 367 g/mol. The fourth-order valence-corrected chi connectivity index (χ4v) is 3.03. The molecular formula is C21H25N3O3. The molecule has 2 aromatic rings. The van der Waals surface area contributed by atoms with Crippen LogP contribution in [0.25, 0.3) is 0 Å². The van der Waals surface area contributed by atoms with Gasteiger partial charge in [0.2, 0.25) is 0 Å². The maximum absolute atomic E-state index is 12.7. The lowest BCUT2D eigenvalue weighted by molar-refractivity contribution is 0.0664. The van der Waals surface area contributed by atoms with Crippen molar-refractivity contribution in [2.45, 2.75) is 6.92 Å². The number of carbonyl (C=O) groups excluding carboxylic acids is 2. The summed E-state index contributed by atoms with van der Waals surface area (Å²) in [6, 6.07) is 14.2. The van der Waals surface area contributed by atoms with Crippen LogP contribution < -0.4 is 10.1 Å². The molecule has 0 spiro atoms. The lowest BCUT2D eigenvalue weighted by Gasteiger charge is -2.32. The molecule has 6 nitrogen and oxygen atoms in total. The van der Waals surface area contributed by atoms with Crippen molar-refractivity contribution in [1.82, 2.24) is 9.80 Å². The van der Waals surface area contributed by atoms with Gasteiger partial charge in [0.05, 0.1) is 12.3 Å². The van der Waals surface area contributed by atoms with Crippen molar-refractivity contribution in [3.63, 3.8) is 0 Å². The normalized spacial score (nSPS) is 14.7. The lowest BCUT2D eigenvalue weighted by Crippen LogP contribution is -2.47. The van der Waals surface area contributed by atoms with Crippen molar-refractivity contribution in [3.05, 3.63) is 59.7 Å². The minimum atomic E-state index is -0.268. The number of anilines is 1. The molecule has 1 aliphatic rings. The first-order chi connectivity index (χ1) is 13.1. The van der Waals surface area contributed by atoms with Gasteiger partial charge >= 0.3 is 0 Å².